The Morgan fingerprint density at radius 3 is 2.32 bits per heavy atom. The van der Waals surface area contributed by atoms with E-state index in [1.165, 1.54) is 25.7 Å². The van der Waals surface area contributed by atoms with Gasteiger partial charge in [0, 0.05) is 19.1 Å². The quantitative estimate of drug-likeness (QED) is 0.265. The van der Waals surface area contributed by atoms with Crippen LogP contribution in [0.1, 0.15) is 57.9 Å². The predicted molar refractivity (Wildman–Crippen MR) is 125 cm³/mol. The number of halogens is 1. The maximum absolute atomic E-state index is 12.2. The van der Waals surface area contributed by atoms with Crippen molar-refractivity contribution in [1.29, 1.82) is 0 Å². The van der Waals surface area contributed by atoms with Crippen LogP contribution in [0.5, 0.6) is 0 Å². The molecule has 0 spiro atoms. The second kappa shape index (κ2) is 10.2. The molecule has 2 aliphatic rings. The van der Waals surface area contributed by atoms with Gasteiger partial charge in [-0.1, -0.05) is 25.5 Å². The van der Waals surface area contributed by atoms with Gasteiger partial charge < -0.3 is 10.6 Å². The van der Waals surface area contributed by atoms with Gasteiger partial charge in [0.2, 0.25) is 10.0 Å². The molecule has 0 radical (unpaired) electrons. The first-order chi connectivity index (χ1) is 13.0. The largest absolute Gasteiger partial charge is 0.357 e. The van der Waals surface area contributed by atoms with E-state index in [1.54, 1.807) is 12.1 Å². The van der Waals surface area contributed by atoms with Crippen molar-refractivity contribution in [2.45, 2.75) is 69.9 Å². The van der Waals surface area contributed by atoms with Crippen LogP contribution in [0.15, 0.2) is 34.2 Å². The van der Waals surface area contributed by atoms with Crippen LogP contribution in [0, 0.1) is 5.41 Å². The van der Waals surface area contributed by atoms with E-state index in [9.17, 15) is 8.42 Å². The summed E-state index contributed by atoms with van der Waals surface area (Å²) >= 11 is 0. The van der Waals surface area contributed by atoms with Crippen molar-refractivity contribution in [2.75, 3.05) is 13.1 Å². The average Bonchev–Trinajstić information content (AvgIpc) is 3.42. The van der Waals surface area contributed by atoms with Crippen LogP contribution in [-0.4, -0.2) is 33.5 Å². The monoisotopic (exact) mass is 520 g/mol. The zero-order chi connectivity index (χ0) is 19.3. The molecule has 0 aliphatic heterocycles. The van der Waals surface area contributed by atoms with Gasteiger partial charge in [0.25, 0.3) is 0 Å². The molecule has 8 heteroatoms. The van der Waals surface area contributed by atoms with Crippen molar-refractivity contribution in [3.05, 3.63) is 29.8 Å². The van der Waals surface area contributed by atoms with E-state index in [0.717, 1.165) is 37.5 Å². The maximum Gasteiger partial charge on any atom is 0.240 e. The number of hydrogen-bond acceptors (Lipinski definition) is 3. The molecule has 158 valence electrons. The Labute approximate surface area is 186 Å². The molecule has 0 amide bonds. The molecule has 2 aliphatic carbocycles. The molecule has 3 rings (SSSR count). The number of benzene rings is 1. The molecule has 0 bridgehead atoms. The van der Waals surface area contributed by atoms with E-state index in [1.807, 2.05) is 12.1 Å². The number of rotatable bonds is 9. The van der Waals surface area contributed by atoms with Crippen molar-refractivity contribution in [3.8, 4) is 0 Å². The lowest BCUT2D eigenvalue weighted by Crippen LogP contribution is -2.46. The summed E-state index contributed by atoms with van der Waals surface area (Å²) in [4.78, 5) is 4.98. The lowest BCUT2D eigenvalue weighted by Gasteiger charge is -2.41. The van der Waals surface area contributed by atoms with E-state index < -0.39 is 10.0 Å². The normalized spacial score (nSPS) is 18.7. The molecule has 2 fully saturated rings. The Morgan fingerprint density at radius 2 is 1.82 bits per heavy atom. The number of guanidine groups is 1. The van der Waals surface area contributed by atoms with Gasteiger partial charge in [-0.2, -0.15) is 0 Å². The second-order valence-electron chi connectivity index (χ2n) is 7.80. The summed E-state index contributed by atoms with van der Waals surface area (Å²) in [6, 6.07) is 7.13. The fourth-order valence-corrected chi connectivity index (χ4v) is 4.68. The zero-order valence-corrected chi connectivity index (χ0v) is 20.0. The highest BCUT2D eigenvalue weighted by atomic mass is 127. The summed E-state index contributed by atoms with van der Waals surface area (Å²) in [7, 11) is -3.39. The lowest BCUT2D eigenvalue weighted by atomic mass is 9.67. The maximum atomic E-state index is 12.2. The van der Waals surface area contributed by atoms with Crippen LogP contribution in [0.25, 0.3) is 0 Å². The van der Waals surface area contributed by atoms with Gasteiger partial charge in [0.05, 0.1) is 11.4 Å². The minimum atomic E-state index is -3.39. The van der Waals surface area contributed by atoms with Gasteiger partial charge in [0.1, 0.15) is 0 Å². The Morgan fingerprint density at radius 1 is 1.14 bits per heavy atom. The smallest absolute Gasteiger partial charge is 0.240 e. The summed E-state index contributed by atoms with van der Waals surface area (Å²) in [6.45, 7) is 6.61. The SMILES string of the molecule is CCNC(=NCc1ccc(S(=O)(=O)NC2CC2)cc1)NCC1(CC)CCC1.I. The first-order valence-electron chi connectivity index (χ1n) is 10.1. The number of sulfonamides is 1. The fraction of sp³-hybridized carbons (Fsp3) is 0.650. The van der Waals surface area contributed by atoms with E-state index in [-0.39, 0.29) is 30.0 Å². The minimum Gasteiger partial charge on any atom is -0.357 e. The molecule has 0 heterocycles. The third kappa shape index (κ3) is 6.32. The highest BCUT2D eigenvalue weighted by Crippen LogP contribution is 2.42. The van der Waals surface area contributed by atoms with Crippen LogP contribution in [0.2, 0.25) is 0 Å². The molecule has 2 saturated carbocycles. The summed E-state index contributed by atoms with van der Waals surface area (Å²) in [5.41, 5.74) is 1.42. The Hall–Kier alpha value is -0.870. The number of nitrogens with one attached hydrogen (secondary N) is 3. The molecule has 0 unspecified atom stereocenters. The average molecular weight is 520 g/mol. The van der Waals surface area contributed by atoms with Gasteiger partial charge in [0.15, 0.2) is 5.96 Å². The molecular weight excluding hydrogens is 487 g/mol. The van der Waals surface area contributed by atoms with E-state index in [4.69, 9.17) is 0 Å². The number of aliphatic imine (C=N–C) groups is 1. The fourth-order valence-electron chi connectivity index (χ4n) is 3.38. The zero-order valence-electron chi connectivity index (χ0n) is 16.8. The van der Waals surface area contributed by atoms with Crippen LogP contribution in [-0.2, 0) is 16.6 Å². The van der Waals surface area contributed by atoms with E-state index in [0.29, 0.717) is 16.9 Å². The Balaban J connectivity index is 0.00000280. The summed E-state index contributed by atoms with van der Waals surface area (Å²) in [5, 5.41) is 6.78. The molecule has 28 heavy (non-hydrogen) atoms. The summed E-state index contributed by atoms with van der Waals surface area (Å²) in [6.07, 6.45) is 6.98. The van der Waals surface area contributed by atoms with E-state index >= 15 is 0 Å². The molecule has 0 atom stereocenters. The van der Waals surface area contributed by atoms with Crippen LogP contribution >= 0.6 is 24.0 Å². The first kappa shape index (κ1) is 23.4. The van der Waals surface area contributed by atoms with Crippen LogP contribution in [0.4, 0.5) is 0 Å². The molecular formula is C20H33IN4O2S. The third-order valence-corrected chi connectivity index (χ3v) is 7.23. The van der Waals surface area contributed by atoms with Crippen LogP contribution < -0.4 is 15.4 Å². The van der Waals surface area contributed by atoms with Crippen molar-refractivity contribution >= 4 is 40.0 Å². The van der Waals surface area contributed by atoms with E-state index in [2.05, 4.69) is 34.2 Å². The lowest BCUT2D eigenvalue weighted by molar-refractivity contribution is 0.131. The van der Waals surface area contributed by atoms with Crippen molar-refractivity contribution in [2.24, 2.45) is 10.4 Å². The molecule has 0 aromatic heterocycles. The highest BCUT2D eigenvalue weighted by molar-refractivity contribution is 14.0. The van der Waals surface area contributed by atoms with Crippen molar-refractivity contribution in [3.63, 3.8) is 0 Å². The topological polar surface area (TPSA) is 82.6 Å². The molecule has 3 N–H and O–H groups in total. The Kier molecular flexibility index (Phi) is 8.57. The van der Waals surface area contributed by atoms with Gasteiger partial charge in [-0.3, -0.25) is 0 Å². The number of nitrogens with zero attached hydrogens (tertiary/aromatic N) is 1. The summed E-state index contributed by atoms with van der Waals surface area (Å²) < 4.78 is 27.2. The minimum absolute atomic E-state index is 0. The number of hydrogen-bond donors (Lipinski definition) is 3. The summed E-state index contributed by atoms with van der Waals surface area (Å²) in [5.74, 6) is 0.823. The first-order valence-corrected chi connectivity index (χ1v) is 11.6. The van der Waals surface area contributed by atoms with Gasteiger partial charge in [-0.05, 0) is 62.1 Å². The second-order valence-corrected chi connectivity index (χ2v) is 9.51. The predicted octanol–water partition coefficient (Wildman–Crippen LogP) is 3.38. The molecule has 1 aromatic carbocycles. The standard InChI is InChI=1S/C20H32N4O2S.HI/c1-3-20(12-5-13-20)15-23-19(21-4-2)22-14-16-6-10-18(11-7-16)27(25,26)24-17-8-9-17;/h6-7,10-11,17,24H,3-5,8-9,12-15H2,1-2H3,(H2,21,22,23);1H. The van der Waals surface area contributed by atoms with Gasteiger partial charge >= 0.3 is 0 Å². The van der Waals surface area contributed by atoms with Gasteiger partial charge in [-0.15, -0.1) is 24.0 Å². The van der Waals surface area contributed by atoms with Crippen molar-refractivity contribution in [1.82, 2.24) is 15.4 Å². The molecule has 1 aromatic rings. The van der Waals surface area contributed by atoms with Gasteiger partial charge in [-0.25, -0.2) is 18.1 Å². The Bertz CT molecular complexity index is 751. The third-order valence-electron chi connectivity index (χ3n) is 5.69. The van der Waals surface area contributed by atoms with Crippen LogP contribution in [0.3, 0.4) is 0 Å². The molecule has 0 saturated heterocycles. The van der Waals surface area contributed by atoms with Crippen molar-refractivity contribution < 1.29 is 8.42 Å². The molecule has 6 nitrogen and oxygen atoms in total. The highest BCUT2D eigenvalue weighted by Gasteiger charge is 2.34.